The number of rotatable bonds is 5. The maximum absolute atomic E-state index is 12.5. The van der Waals surface area contributed by atoms with E-state index < -0.39 is 0 Å². The van der Waals surface area contributed by atoms with E-state index in [2.05, 4.69) is 27.8 Å². The van der Waals surface area contributed by atoms with Gasteiger partial charge in [0.1, 0.15) is 11.5 Å². The Kier molecular flexibility index (Phi) is 5.23. The summed E-state index contributed by atoms with van der Waals surface area (Å²) in [6.07, 6.45) is 2.60. The Morgan fingerprint density at radius 2 is 2.00 bits per heavy atom. The number of ether oxygens (including phenoxy) is 1. The van der Waals surface area contributed by atoms with Crippen LogP contribution in [0.5, 0.6) is 11.5 Å². The van der Waals surface area contributed by atoms with Gasteiger partial charge < -0.3 is 15.0 Å². The maximum Gasteiger partial charge on any atom is 0.317 e. The summed E-state index contributed by atoms with van der Waals surface area (Å²) in [7, 11) is 1.81. The van der Waals surface area contributed by atoms with Crippen LogP contribution in [0, 0.1) is 0 Å². The van der Waals surface area contributed by atoms with E-state index in [-0.39, 0.29) is 6.03 Å². The zero-order valence-corrected chi connectivity index (χ0v) is 15.8. The van der Waals surface area contributed by atoms with Gasteiger partial charge in [-0.25, -0.2) is 4.79 Å². The van der Waals surface area contributed by atoms with Gasteiger partial charge in [-0.2, -0.15) is 0 Å². The van der Waals surface area contributed by atoms with Crippen molar-refractivity contribution in [3.8, 4) is 11.5 Å². The topological polar surface area (TPSA) is 72.3 Å². The van der Waals surface area contributed by atoms with Crippen molar-refractivity contribution in [3.05, 3.63) is 72.1 Å². The van der Waals surface area contributed by atoms with Crippen molar-refractivity contribution in [3.63, 3.8) is 0 Å². The maximum atomic E-state index is 12.5. The molecule has 2 heterocycles. The molecule has 0 aliphatic carbocycles. The molecule has 1 aliphatic rings. The molecule has 0 bridgehead atoms. The van der Waals surface area contributed by atoms with E-state index in [1.54, 1.807) is 10.9 Å². The fraction of sp³-hybridized carbons (Fsp3) is 0.286. The van der Waals surface area contributed by atoms with Crippen molar-refractivity contribution in [2.45, 2.75) is 18.9 Å². The first-order valence-corrected chi connectivity index (χ1v) is 9.38. The predicted octanol–water partition coefficient (Wildman–Crippen LogP) is 3.31. The SMILES string of the molecule is Cn1nncc1CNC(=O)N1CCC(c2cccc(Oc3ccccc3)c2)C1. The summed E-state index contributed by atoms with van der Waals surface area (Å²) in [4.78, 5) is 14.3. The summed E-state index contributed by atoms with van der Waals surface area (Å²) in [5.41, 5.74) is 2.06. The molecule has 4 rings (SSSR count). The molecule has 7 heteroatoms. The summed E-state index contributed by atoms with van der Waals surface area (Å²) in [6, 6.07) is 17.8. The number of aromatic nitrogens is 3. The van der Waals surface area contributed by atoms with Crippen LogP contribution in [0.15, 0.2) is 60.8 Å². The number of nitrogens with zero attached hydrogens (tertiary/aromatic N) is 4. The molecule has 144 valence electrons. The van der Waals surface area contributed by atoms with Gasteiger partial charge in [-0.3, -0.25) is 4.68 Å². The van der Waals surface area contributed by atoms with E-state index in [0.29, 0.717) is 19.0 Å². The number of hydrogen-bond donors (Lipinski definition) is 1. The molecule has 2 aromatic carbocycles. The number of carbonyl (C=O) groups is 1. The Labute approximate surface area is 163 Å². The molecule has 28 heavy (non-hydrogen) atoms. The third kappa shape index (κ3) is 4.14. The first-order valence-electron chi connectivity index (χ1n) is 9.38. The van der Waals surface area contributed by atoms with Gasteiger partial charge in [0, 0.05) is 26.1 Å². The second kappa shape index (κ2) is 8.12. The Bertz CT molecular complexity index is 941. The second-order valence-electron chi connectivity index (χ2n) is 6.93. The third-order valence-corrected chi connectivity index (χ3v) is 5.01. The normalized spacial score (nSPS) is 16.2. The van der Waals surface area contributed by atoms with Crippen molar-refractivity contribution in [2.24, 2.45) is 7.05 Å². The number of benzene rings is 2. The zero-order valence-electron chi connectivity index (χ0n) is 15.8. The number of para-hydroxylation sites is 1. The predicted molar refractivity (Wildman–Crippen MR) is 105 cm³/mol. The van der Waals surface area contributed by atoms with Gasteiger partial charge in [-0.05, 0) is 36.2 Å². The molecule has 1 saturated heterocycles. The van der Waals surface area contributed by atoms with Crippen LogP contribution in [0.4, 0.5) is 4.79 Å². The average Bonchev–Trinajstić information content (AvgIpc) is 3.36. The molecule has 3 aromatic rings. The van der Waals surface area contributed by atoms with Crippen LogP contribution >= 0.6 is 0 Å². The monoisotopic (exact) mass is 377 g/mol. The lowest BCUT2D eigenvalue weighted by Crippen LogP contribution is -2.38. The molecule has 7 nitrogen and oxygen atoms in total. The molecule has 1 aliphatic heterocycles. The van der Waals surface area contributed by atoms with Gasteiger partial charge in [0.2, 0.25) is 0 Å². The molecule has 1 aromatic heterocycles. The number of likely N-dealkylation sites (tertiary alicyclic amines) is 1. The van der Waals surface area contributed by atoms with Crippen molar-refractivity contribution >= 4 is 6.03 Å². The molecule has 1 atom stereocenters. The molecule has 2 amide bonds. The highest BCUT2D eigenvalue weighted by molar-refractivity contribution is 5.74. The Morgan fingerprint density at radius 1 is 1.18 bits per heavy atom. The molecule has 1 N–H and O–H groups in total. The zero-order chi connectivity index (χ0) is 19.3. The van der Waals surface area contributed by atoms with Crippen LogP contribution in [-0.4, -0.2) is 39.0 Å². The molecule has 0 saturated carbocycles. The fourth-order valence-electron chi connectivity index (χ4n) is 3.42. The van der Waals surface area contributed by atoms with Crippen LogP contribution in [-0.2, 0) is 13.6 Å². The molecule has 0 spiro atoms. The van der Waals surface area contributed by atoms with Crippen molar-refractivity contribution in [1.29, 1.82) is 0 Å². The van der Waals surface area contributed by atoms with E-state index in [4.69, 9.17) is 4.74 Å². The van der Waals surface area contributed by atoms with Gasteiger partial charge in [0.25, 0.3) is 0 Å². The first kappa shape index (κ1) is 18.0. The highest BCUT2D eigenvalue weighted by atomic mass is 16.5. The van der Waals surface area contributed by atoms with Crippen molar-refractivity contribution in [1.82, 2.24) is 25.2 Å². The summed E-state index contributed by atoms with van der Waals surface area (Å²) < 4.78 is 7.59. The standard InChI is InChI=1S/C21H23N5O2/c1-25-18(14-23-24-25)13-22-21(27)26-11-10-17(15-26)16-6-5-9-20(12-16)28-19-7-3-2-4-8-19/h2-9,12,14,17H,10-11,13,15H2,1H3,(H,22,27). The van der Waals surface area contributed by atoms with Crippen LogP contribution in [0.25, 0.3) is 0 Å². The number of urea groups is 1. The van der Waals surface area contributed by atoms with Gasteiger partial charge in [-0.1, -0.05) is 35.5 Å². The summed E-state index contributed by atoms with van der Waals surface area (Å²) in [6.45, 7) is 1.86. The Hall–Kier alpha value is -3.35. The van der Waals surface area contributed by atoms with Gasteiger partial charge >= 0.3 is 6.03 Å². The lowest BCUT2D eigenvalue weighted by atomic mass is 9.98. The van der Waals surface area contributed by atoms with Gasteiger partial charge in [0.05, 0.1) is 18.4 Å². The number of hydrogen-bond acceptors (Lipinski definition) is 4. The van der Waals surface area contributed by atoms with Crippen LogP contribution in [0.2, 0.25) is 0 Å². The molecular formula is C21H23N5O2. The highest BCUT2D eigenvalue weighted by Gasteiger charge is 2.27. The lowest BCUT2D eigenvalue weighted by molar-refractivity contribution is 0.207. The number of carbonyl (C=O) groups excluding carboxylic acids is 1. The highest BCUT2D eigenvalue weighted by Crippen LogP contribution is 2.30. The number of amides is 2. The van der Waals surface area contributed by atoms with Crippen LogP contribution in [0.1, 0.15) is 23.6 Å². The Morgan fingerprint density at radius 3 is 2.79 bits per heavy atom. The van der Waals surface area contributed by atoms with E-state index in [1.807, 2.05) is 54.4 Å². The largest absolute Gasteiger partial charge is 0.457 e. The summed E-state index contributed by atoms with van der Waals surface area (Å²) >= 11 is 0. The second-order valence-corrected chi connectivity index (χ2v) is 6.93. The Balaban J connectivity index is 1.35. The smallest absolute Gasteiger partial charge is 0.317 e. The lowest BCUT2D eigenvalue weighted by Gasteiger charge is -2.18. The average molecular weight is 377 g/mol. The van der Waals surface area contributed by atoms with Crippen molar-refractivity contribution < 1.29 is 9.53 Å². The first-order chi connectivity index (χ1) is 13.7. The van der Waals surface area contributed by atoms with E-state index >= 15 is 0 Å². The molecule has 1 unspecified atom stereocenters. The van der Waals surface area contributed by atoms with Gasteiger partial charge in [0.15, 0.2) is 0 Å². The minimum absolute atomic E-state index is 0.0552. The molecule has 0 radical (unpaired) electrons. The van der Waals surface area contributed by atoms with E-state index in [9.17, 15) is 4.79 Å². The van der Waals surface area contributed by atoms with Crippen LogP contribution in [0.3, 0.4) is 0 Å². The van der Waals surface area contributed by atoms with Crippen molar-refractivity contribution in [2.75, 3.05) is 13.1 Å². The molecule has 1 fully saturated rings. The van der Waals surface area contributed by atoms with E-state index in [1.165, 1.54) is 5.56 Å². The quantitative estimate of drug-likeness (QED) is 0.740. The summed E-state index contributed by atoms with van der Waals surface area (Å²) in [5, 5.41) is 10.6. The third-order valence-electron chi connectivity index (χ3n) is 5.01. The van der Waals surface area contributed by atoms with E-state index in [0.717, 1.165) is 30.2 Å². The molecular weight excluding hydrogens is 354 g/mol. The number of nitrogens with one attached hydrogen (secondary N) is 1. The van der Waals surface area contributed by atoms with Crippen LogP contribution < -0.4 is 10.1 Å². The minimum Gasteiger partial charge on any atom is -0.457 e. The minimum atomic E-state index is -0.0552. The van der Waals surface area contributed by atoms with Gasteiger partial charge in [-0.15, -0.1) is 5.10 Å². The summed E-state index contributed by atoms with van der Waals surface area (Å²) in [5.74, 6) is 1.94. The number of aryl methyl sites for hydroxylation is 1. The fourth-order valence-corrected chi connectivity index (χ4v) is 3.42.